The van der Waals surface area contributed by atoms with Crippen molar-refractivity contribution in [1.82, 2.24) is 10.3 Å². The fraction of sp³-hybridized carbons (Fsp3) is 0.538. The smallest absolute Gasteiger partial charge is 0.130 e. The highest BCUT2D eigenvalue weighted by Gasteiger charge is 2.36. The quantitative estimate of drug-likeness (QED) is 0.783. The van der Waals surface area contributed by atoms with Crippen molar-refractivity contribution in [2.24, 2.45) is 5.92 Å². The van der Waals surface area contributed by atoms with Gasteiger partial charge in [-0.2, -0.15) is 5.26 Å². The standard InChI is InChI=1S/C13H16N4/c14-8-10-1-5-16-13(7-10)17-6-3-11-2-4-15-9-12(11)17/h1,5,7,11-12,15H,2-4,6,9H2/t11-,12-/m0/s1. The van der Waals surface area contributed by atoms with Gasteiger partial charge in [-0.3, -0.25) is 0 Å². The molecule has 2 saturated heterocycles. The van der Waals surface area contributed by atoms with Crippen LogP contribution in [0.4, 0.5) is 5.82 Å². The molecule has 1 N–H and O–H groups in total. The molecule has 0 radical (unpaired) electrons. The predicted octanol–water partition coefficient (Wildman–Crippen LogP) is 1.14. The van der Waals surface area contributed by atoms with Crippen LogP contribution in [0.25, 0.3) is 0 Å². The Morgan fingerprint density at radius 1 is 1.47 bits per heavy atom. The van der Waals surface area contributed by atoms with Crippen LogP contribution in [0.1, 0.15) is 18.4 Å². The van der Waals surface area contributed by atoms with Gasteiger partial charge in [-0.05, 0) is 37.4 Å². The molecule has 2 atom stereocenters. The molecule has 17 heavy (non-hydrogen) atoms. The lowest BCUT2D eigenvalue weighted by Gasteiger charge is -2.32. The molecule has 0 unspecified atom stereocenters. The van der Waals surface area contributed by atoms with Gasteiger partial charge in [-0.1, -0.05) is 0 Å². The summed E-state index contributed by atoms with van der Waals surface area (Å²) >= 11 is 0. The molecule has 0 aliphatic carbocycles. The Morgan fingerprint density at radius 2 is 2.41 bits per heavy atom. The number of aromatic nitrogens is 1. The lowest BCUT2D eigenvalue weighted by atomic mass is 9.93. The maximum atomic E-state index is 8.93. The summed E-state index contributed by atoms with van der Waals surface area (Å²) in [5, 5.41) is 12.4. The highest BCUT2D eigenvalue weighted by Crippen LogP contribution is 2.32. The molecule has 3 heterocycles. The molecule has 0 saturated carbocycles. The Balaban J connectivity index is 1.86. The second kappa shape index (κ2) is 4.34. The normalized spacial score (nSPS) is 27.6. The number of pyridine rings is 1. The second-order valence-corrected chi connectivity index (χ2v) is 4.82. The Hall–Kier alpha value is -1.60. The van der Waals surface area contributed by atoms with Crippen molar-refractivity contribution in [3.8, 4) is 6.07 Å². The Bertz CT molecular complexity index is 451. The number of anilines is 1. The molecule has 0 aromatic carbocycles. The zero-order chi connectivity index (χ0) is 11.7. The lowest BCUT2D eigenvalue weighted by Crippen LogP contribution is -2.46. The first-order valence-corrected chi connectivity index (χ1v) is 6.22. The summed E-state index contributed by atoms with van der Waals surface area (Å²) in [5.74, 6) is 1.75. The molecule has 4 heteroatoms. The molecule has 4 nitrogen and oxygen atoms in total. The SMILES string of the molecule is N#Cc1ccnc(N2CC[C@@H]3CCNC[C@@H]32)c1. The van der Waals surface area contributed by atoms with Crippen molar-refractivity contribution in [2.75, 3.05) is 24.5 Å². The van der Waals surface area contributed by atoms with Gasteiger partial charge in [0.05, 0.1) is 11.6 Å². The number of hydrogen-bond acceptors (Lipinski definition) is 4. The van der Waals surface area contributed by atoms with Crippen LogP contribution in [0, 0.1) is 17.2 Å². The third-order valence-corrected chi connectivity index (χ3v) is 3.90. The molecule has 0 amide bonds. The van der Waals surface area contributed by atoms with Gasteiger partial charge in [0, 0.05) is 25.3 Å². The number of hydrogen-bond donors (Lipinski definition) is 1. The molecule has 2 fully saturated rings. The molecule has 2 aliphatic heterocycles. The number of nitriles is 1. The molecule has 2 aliphatic rings. The molecule has 88 valence electrons. The van der Waals surface area contributed by atoms with Crippen molar-refractivity contribution < 1.29 is 0 Å². The van der Waals surface area contributed by atoms with Crippen LogP contribution in [0.5, 0.6) is 0 Å². The summed E-state index contributed by atoms with van der Waals surface area (Å²) in [7, 11) is 0. The molecule has 3 rings (SSSR count). The Labute approximate surface area is 101 Å². The van der Waals surface area contributed by atoms with Crippen LogP contribution >= 0.6 is 0 Å². The van der Waals surface area contributed by atoms with E-state index < -0.39 is 0 Å². The van der Waals surface area contributed by atoms with E-state index in [9.17, 15) is 0 Å². The van der Waals surface area contributed by atoms with Gasteiger partial charge in [0.2, 0.25) is 0 Å². The van der Waals surface area contributed by atoms with Crippen LogP contribution in [0.3, 0.4) is 0 Å². The fourth-order valence-electron chi connectivity index (χ4n) is 3.00. The Morgan fingerprint density at radius 3 is 3.29 bits per heavy atom. The van der Waals surface area contributed by atoms with Gasteiger partial charge in [-0.15, -0.1) is 0 Å². The third kappa shape index (κ3) is 1.87. The number of fused-ring (bicyclic) bond motifs is 1. The molecule has 1 aromatic heterocycles. The van der Waals surface area contributed by atoms with Gasteiger partial charge < -0.3 is 10.2 Å². The van der Waals surface area contributed by atoms with E-state index in [4.69, 9.17) is 5.26 Å². The summed E-state index contributed by atoms with van der Waals surface area (Å²) < 4.78 is 0. The fourth-order valence-corrected chi connectivity index (χ4v) is 3.00. The molecular formula is C13H16N4. The first-order valence-electron chi connectivity index (χ1n) is 6.22. The van der Waals surface area contributed by atoms with E-state index in [1.807, 2.05) is 6.07 Å². The van der Waals surface area contributed by atoms with Crippen molar-refractivity contribution in [2.45, 2.75) is 18.9 Å². The van der Waals surface area contributed by atoms with Gasteiger partial charge in [-0.25, -0.2) is 4.98 Å². The highest BCUT2D eigenvalue weighted by molar-refractivity contribution is 5.47. The monoisotopic (exact) mass is 228 g/mol. The zero-order valence-electron chi connectivity index (χ0n) is 9.76. The first-order chi connectivity index (χ1) is 8.38. The van der Waals surface area contributed by atoms with Crippen molar-refractivity contribution in [3.63, 3.8) is 0 Å². The average molecular weight is 228 g/mol. The summed E-state index contributed by atoms with van der Waals surface area (Å²) in [6.45, 7) is 3.25. The van der Waals surface area contributed by atoms with E-state index in [1.165, 1.54) is 12.8 Å². The second-order valence-electron chi connectivity index (χ2n) is 4.82. The van der Waals surface area contributed by atoms with Gasteiger partial charge in [0.15, 0.2) is 0 Å². The molecular weight excluding hydrogens is 212 g/mol. The van der Waals surface area contributed by atoms with Gasteiger partial charge >= 0.3 is 0 Å². The van der Waals surface area contributed by atoms with Crippen molar-refractivity contribution in [1.29, 1.82) is 5.26 Å². The van der Waals surface area contributed by atoms with Crippen LogP contribution in [0.15, 0.2) is 18.3 Å². The van der Waals surface area contributed by atoms with Gasteiger partial charge in [0.1, 0.15) is 5.82 Å². The van der Waals surface area contributed by atoms with E-state index in [-0.39, 0.29) is 0 Å². The van der Waals surface area contributed by atoms with Crippen LogP contribution in [0.2, 0.25) is 0 Å². The molecule has 0 spiro atoms. The third-order valence-electron chi connectivity index (χ3n) is 3.90. The minimum atomic E-state index is 0.560. The number of nitrogens with one attached hydrogen (secondary N) is 1. The van der Waals surface area contributed by atoms with Crippen LogP contribution in [-0.2, 0) is 0 Å². The summed E-state index contributed by atoms with van der Waals surface area (Å²) in [5.41, 5.74) is 0.696. The lowest BCUT2D eigenvalue weighted by molar-refractivity contribution is 0.358. The van der Waals surface area contributed by atoms with E-state index in [1.54, 1.807) is 12.3 Å². The average Bonchev–Trinajstić information content (AvgIpc) is 2.82. The van der Waals surface area contributed by atoms with Gasteiger partial charge in [0.25, 0.3) is 0 Å². The van der Waals surface area contributed by atoms with E-state index in [0.29, 0.717) is 11.6 Å². The summed E-state index contributed by atoms with van der Waals surface area (Å²) in [6.07, 6.45) is 4.25. The van der Waals surface area contributed by atoms with E-state index in [2.05, 4.69) is 21.3 Å². The predicted molar refractivity (Wildman–Crippen MR) is 65.7 cm³/mol. The molecule has 1 aromatic rings. The maximum Gasteiger partial charge on any atom is 0.130 e. The van der Waals surface area contributed by atoms with Crippen molar-refractivity contribution >= 4 is 5.82 Å². The Kier molecular flexibility index (Phi) is 2.69. The van der Waals surface area contributed by atoms with E-state index in [0.717, 1.165) is 31.4 Å². The van der Waals surface area contributed by atoms with E-state index >= 15 is 0 Å². The van der Waals surface area contributed by atoms with Crippen molar-refractivity contribution in [3.05, 3.63) is 23.9 Å². The number of piperidine rings is 1. The van der Waals surface area contributed by atoms with Crippen LogP contribution < -0.4 is 10.2 Å². The molecule has 0 bridgehead atoms. The highest BCUT2D eigenvalue weighted by atomic mass is 15.3. The minimum absolute atomic E-state index is 0.560. The first kappa shape index (κ1) is 10.5. The number of nitrogens with zero attached hydrogens (tertiary/aromatic N) is 3. The van der Waals surface area contributed by atoms with Crippen LogP contribution in [-0.4, -0.2) is 30.7 Å². The zero-order valence-corrected chi connectivity index (χ0v) is 9.76. The minimum Gasteiger partial charge on any atom is -0.352 e. The maximum absolute atomic E-state index is 8.93. The number of rotatable bonds is 1. The largest absolute Gasteiger partial charge is 0.352 e. The topological polar surface area (TPSA) is 52.0 Å². The summed E-state index contributed by atoms with van der Waals surface area (Å²) in [6, 6.07) is 6.40. The summed E-state index contributed by atoms with van der Waals surface area (Å²) in [4.78, 5) is 6.77.